The second kappa shape index (κ2) is 7.36. The van der Waals surface area contributed by atoms with Gasteiger partial charge in [0.05, 0.1) is 0 Å². The molecule has 0 saturated carbocycles. The molecule has 0 aliphatic rings. The van der Waals surface area contributed by atoms with E-state index in [4.69, 9.17) is 4.74 Å². The molecule has 112 valence electrons. The fourth-order valence-corrected chi connectivity index (χ4v) is 1.61. The third-order valence-electron chi connectivity index (χ3n) is 2.68. The zero-order valence-electron chi connectivity index (χ0n) is 13.2. The van der Waals surface area contributed by atoms with E-state index < -0.39 is 11.7 Å². The van der Waals surface area contributed by atoms with Gasteiger partial charge < -0.3 is 15.0 Å². The fraction of sp³-hybridized carbons (Fsp3) is 0.857. The van der Waals surface area contributed by atoms with E-state index in [2.05, 4.69) is 19.2 Å². The van der Waals surface area contributed by atoms with E-state index in [0.29, 0.717) is 5.92 Å². The van der Waals surface area contributed by atoms with Crippen LogP contribution in [0.25, 0.3) is 0 Å². The van der Waals surface area contributed by atoms with Gasteiger partial charge in [-0.05, 0) is 33.1 Å². The van der Waals surface area contributed by atoms with E-state index in [9.17, 15) is 9.59 Å². The molecule has 1 unspecified atom stereocenters. The van der Waals surface area contributed by atoms with Gasteiger partial charge in [-0.3, -0.25) is 4.79 Å². The van der Waals surface area contributed by atoms with Crippen molar-refractivity contribution >= 4 is 12.0 Å². The van der Waals surface area contributed by atoms with Gasteiger partial charge in [-0.2, -0.15) is 0 Å². The largest absolute Gasteiger partial charge is 0.444 e. The quantitative estimate of drug-likeness (QED) is 0.836. The van der Waals surface area contributed by atoms with Crippen LogP contribution in [0.4, 0.5) is 4.79 Å². The van der Waals surface area contributed by atoms with Gasteiger partial charge in [-0.1, -0.05) is 20.8 Å². The molecule has 0 aromatic carbocycles. The van der Waals surface area contributed by atoms with Crippen LogP contribution >= 0.6 is 0 Å². The van der Waals surface area contributed by atoms with Crippen LogP contribution in [0.15, 0.2) is 0 Å². The van der Waals surface area contributed by atoms with Crippen LogP contribution in [0, 0.1) is 5.92 Å². The molecule has 0 bridgehead atoms. The van der Waals surface area contributed by atoms with Gasteiger partial charge in [-0.25, -0.2) is 4.79 Å². The number of ether oxygens (including phenoxy) is 1. The molecule has 0 rings (SSSR count). The van der Waals surface area contributed by atoms with E-state index >= 15 is 0 Å². The molecule has 0 saturated heterocycles. The zero-order chi connectivity index (χ0) is 15.2. The number of hydrogen-bond acceptors (Lipinski definition) is 3. The Balaban J connectivity index is 4.29. The molecule has 0 spiro atoms. The number of rotatable bonds is 5. The van der Waals surface area contributed by atoms with Gasteiger partial charge in [0, 0.05) is 13.1 Å². The highest BCUT2D eigenvalue weighted by atomic mass is 16.6. The second-order valence-corrected chi connectivity index (χ2v) is 6.16. The minimum absolute atomic E-state index is 0.0120. The van der Waals surface area contributed by atoms with E-state index in [1.54, 1.807) is 27.8 Å². The molecule has 5 nitrogen and oxygen atoms in total. The van der Waals surface area contributed by atoms with Crippen molar-refractivity contribution in [3.8, 4) is 0 Å². The van der Waals surface area contributed by atoms with Crippen LogP contribution in [0.3, 0.4) is 0 Å². The van der Waals surface area contributed by atoms with Crippen molar-refractivity contribution in [1.82, 2.24) is 10.2 Å². The number of amides is 2. The van der Waals surface area contributed by atoms with E-state index in [-0.39, 0.29) is 18.5 Å². The average Bonchev–Trinajstić information content (AvgIpc) is 2.22. The van der Waals surface area contributed by atoms with Crippen molar-refractivity contribution < 1.29 is 14.3 Å². The Labute approximate surface area is 116 Å². The minimum Gasteiger partial charge on any atom is -0.444 e. The monoisotopic (exact) mass is 272 g/mol. The first-order valence-electron chi connectivity index (χ1n) is 6.80. The standard InChI is InChI=1S/C14H28N2O3/c1-8-11(10(2)3)15-12(17)9-16(7)13(18)19-14(4,5)6/h10-11H,8-9H2,1-7H3,(H,15,17). The van der Waals surface area contributed by atoms with Gasteiger partial charge in [-0.15, -0.1) is 0 Å². The molecule has 0 aliphatic carbocycles. The predicted molar refractivity (Wildman–Crippen MR) is 75.9 cm³/mol. The number of likely N-dealkylation sites (N-methyl/N-ethyl adjacent to an activating group) is 1. The molecule has 0 aliphatic heterocycles. The first-order valence-corrected chi connectivity index (χ1v) is 6.80. The number of carbonyl (C=O) groups is 2. The molecule has 0 fully saturated rings. The summed E-state index contributed by atoms with van der Waals surface area (Å²) < 4.78 is 5.19. The summed E-state index contributed by atoms with van der Waals surface area (Å²) in [5.41, 5.74) is -0.550. The molecule has 0 aromatic rings. The van der Waals surface area contributed by atoms with Gasteiger partial charge in [0.25, 0.3) is 0 Å². The van der Waals surface area contributed by atoms with Crippen molar-refractivity contribution in [2.24, 2.45) is 5.92 Å². The number of nitrogens with one attached hydrogen (secondary N) is 1. The van der Waals surface area contributed by atoms with E-state index in [1.807, 2.05) is 6.92 Å². The second-order valence-electron chi connectivity index (χ2n) is 6.16. The molecular formula is C14H28N2O3. The maximum atomic E-state index is 11.8. The van der Waals surface area contributed by atoms with Gasteiger partial charge in [0.15, 0.2) is 0 Å². The molecule has 2 amide bonds. The van der Waals surface area contributed by atoms with Crippen molar-refractivity contribution in [1.29, 1.82) is 0 Å². The lowest BCUT2D eigenvalue weighted by Crippen LogP contribution is -2.45. The maximum Gasteiger partial charge on any atom is 0.410 e. The Morgan fingerprint density at radius 3 is 2.16 bits per heavy atom. The minimum atomic E-state index is -0.550. The molecule has 0 radical (unpaired) electrons. The summed E-state index contributed by atoms with van der Waals surface area (Å²) >= 11 is 0. The number of carbonyl (C=O) groups excluding carboxylic acids is 2. The zero-order valence-corrected chi connectivity index (χ0v) is 13.2. The Bertz CT molecular complexity index is 308. The van der Waals surface area contributed by atoms with Gasteiger partial charge >= 0.3 is 6.09 Å². The normalized spacial score (nSPS) is 13.1. The van der Waals surface area contributed by atoms with Gasteiger partial charge in [0.1, 0.15) is 12.1 Å². The number of nitrogens with zero attached hydrogens (tertiary/aromatic N) is 1. The summed E-state index contributed by atoms with van der Waals surface area (Å²) in [6.07, 6.45) is 0.389. The summed E-state index contributed by atoms with van der Waals surface area (Å²) in [5.74, 6) is 0.217. The van der Waals surface area contributed by atoms with Crippen LogP contribution in [0.2, 0.25) is 0 Å². The highest BCUT2D eigenvalue weighted by Crippen LogP contribution is 2.09. The van der Waals surface area contributed by atoms with E-state index in [1.165, 1.54) is 4.90 Å². The Kier molecular flexibility index (Phi) is 6.87. The molecule has 5 heteroatoms. The molecule has 0 heterocycles. The van der Waals surface area contributed by atoms with E-state index in [0.717, 1.165) is 6.42 Å². The van der Waals surface area contributed by atoms with Crippen LogP contribution in [-0.2, 0) is 9.53 Å². The first-order chi connectivity index (χ1) is 8.56. The third kappa shape index (κ3) is 7.70. The van der Waals surface area contributed by atoms with Crippen molar-refractivity contribution in [2.75, 3.05) is 13.6 Å². The summed E-state index contributed by atoms with van der Waals surface area (Å²) in [7, 11) is 1.56. The highest BCUT2D eigenvalue weighted by Gasteiger charge is 2.22. The Morgan fingerprint density at radius 2 is 1.79 bits per heavy atom. The average molecular weight is 272 g/mol. The summed E-state index contributed by atoms with van der Waals surface area (Å²) in [6, 6.07) is 0.138. The van der Waals surface area contributed by atoms with Crippen LogP contribution in [-0.4, -0.2) is 42.1 Å². The maximum absolute atomic E-state index is 11.8. The lowest BCUT2D eigenvalue weighted by Gasteiger charge is -2.26. The summed E-state index contributed by atoms with van der Waals surface area (Å²) in [6.45, 7) is 11.6. The SMILES string of the molecule is CCC(NC(=O)CN(C)C(=O)OC(C)(C)C)C(C)C. The smallest absolute Gasteiger partial charge is 0.410 e. The van der Waals surface area contributed by atoms with Crippen LogP contribution < -0.4 is 5.32 Å². The fourth-order valence-electron chi connectivity index (χ4n) is 1.61. The lowest BCUT2D eigenvalue weighted by atomic mass is 10.0. The summed E-state index contributed by atoms with van der Waals surface area (Å²) in [4.78, 5) is 24.8. The lowest BCUT2D eigenvalue weighted by molar-refractivity contribution is -0.123. The van der Waals surface area contributed by atoms with Crippen molar-refractivity contribution in [3.63, 3.8) is 0 Å². The van der Waals surface area contributed by atoms with Crippen LogP contribution in [0.1, 0.15) is 48.0 Å². The molecule has 0 aromatic heterocycles. The third-order valence-corrected chi connectivity index (χ3v) is 2.68. The molecule has 1 atom stereocenters. The molecule has 1 N–H and O–H groups in total. The topological polar surface area (TPSA) is 58.6 Å². The predicted octanol–water partition coefficient (Wildman–Crippen LogP) is 2.40. The summed E-state index contributed by atoms with van der Waals surface area (Å²) in [5, 5.41) is 2.93. The number of hydrogen-bond donors (Lipinski definition) is 1. The molecule has 19 heavy (non-hydrogen) atoms. The first kappa shape index (κ1) is 17.7. The van der Waals surface area contributed by atoms with Gasteiger partial charge in [0.2, 0.25) is 5.91 Å². The Morgan fingerprint density at radius 1 is 1.26 bits per heavy atom. The highest BCUT2D eigenvalue weighted by molar-refractivity contribution is 5.82. The molecular weight excluding hydrogens is 244 g/mol. The van der Waals surface area contributed by atoms with Crippen molar-refractivity contribution in [3.05, 3.63) is 0 Å². The van der Waals surface area contributed by atoms with Crippen molar-refractivity contribution in [2.45, 2.75) is 59.6 Å². The Hall–Kier alpha value is -1.26. The van der Waals surface area contributed by atoms with Crippen LogP contribution in [0.5, 0.6) is 0 Å².